The van der Waals surface area contributed by atoms with Crippen molar-refractivity contribution in [2.24, 2.45) is 5.73 Å². The molecule has 0 aliphatic carbocycles. The lowest BCUT2D eigenvalue weighted by Crippen LogP contribution is -2.05. The fourth-order valence-electron chi connectivity index (χ4n) is 1.67. The van der Waals surface area contributed by atoms with Gasteiger partial charge in [0.2, 0.25) is 0 Å². The standard InChI is InChI=1S/C13H12BrCl2NS/c1-2-10(17)11-3-4-12(18-11)13-8(15)5-7(14)6-9(13)16/h3-6,10H,2,17H2,1H3. The highest BCUT2D eigenvalue weighted by molar-refractivity contribution is 9.10. The molecule has 1 aromatic carbocycles. The average Bonchev–Trinajstić information content (AvgIpc) is 2.76. The SMILES string of the molecule is CCC(N)c1ccc(-c2c(Cl)cc(Br)cc2Cl)s1. The van der Waals surface area contributed by atoms with Gasteiger partial charge in [0.25, 0.3) is 0 Å². The van der Waals surface area contributed by atoms with E-state index >= 15 is 0 Å². The van der Waals surface area contributed by atoms with E-state index in [1.54, 1.807) is 11.3 Å². The number of halogens is 3. The van der Waals surface area contributed by atoms with E-state index in [2.05, 4.69) is 22.9 Å². The van der Waals surface area contributed by atoms with Gasteiger partial charge in [0.1, 0.15) is 0 Å². The van der Waals surface area contributed by atoms with E-state index in [1.165, 1.54) is 0 Å². The molecule has 2 N–H and O–H groups in total. The zero-order valence-corrected chi connectivity index (χ0v) is 13.6. The van der Waals surface area contributed by atoms with Crippen molar-refractivity contribution in [2.45, 2.75) is 19.4 Å². The van der Waals surface area contributed by atoms with Crippen molar-refractivity contribution in [1.82, 2.24) is 0 Å². The van der Waals surface area contributed by atoms with Crippen molar-refractivity contribution in [1.29, 1.82) is 0 Å². The fourth-order valence-corrected chi connectivity index (χ4v) is 4.36. The largest absolute Gasteiger partial charge is 0.323 e. The van der Waals surface area contributed by atoms with E-state index in [4.69, 9.17) is 28.9 Å². The maximum absolute atomic E-state index is 6.25. The molecular weight excluding hydrogens is 353 g/mol. The number of rotatable bonds is 3. The molecule has 0 spiro atoms. The first-order valence-corrected chi connectivity index (χ1v) is 7.89. The Kier molecular flexibility index (Phi) is 4.73. The molecule has 5 heteroatoms. The molecule has 0 amide bonds. The van der Waals surface area contributed by atoms with E-state index in [0.29, 0.717) is 10.0 Å². The highest BCUT2D eigenvalue weighted by Gasteiger charge is 2.14. The Bertz CT molecular complexity index is 545. The lowest BCUT2D eigenvalue weighted by molar-refractivity contribution is 0.712. The smallest absolute Gasteiger partial charge is 0.0518 e. The quantitative estimate of drug-likeness (QED) is 0.721. The molecule has 1 unspecified atom stereocenters. The van der Waals surface area contributed by atoms with Crippen molar-refractivity contribution < 1.29 is 0 Å². The molecule has 18 heavy (non-hydrogen) atoms. The van der Waals surface area contributed by atoms with E-state index in [1.807, 2.05) is 24.3 Å². The summed E-state index contributed by atoms with van der Waals surface area (Å²) in [7, 11) is 0. The van der Waals surface area contributed by atoms with Crippen LogP contribution in [0.25, 0.3) is 10.4 Å². The van der Waals surface area contributed by atoms with Gasteiger partial charge in [0.05, 0.1) is 10.0 Å². The van der Waals surface area contributed by atoms with Crippen LogP contribution < -0.4 is 5.73 Å². The second-order valence-corrected chi connectivity index (χ2v) is 6.81. The van der Waals surface area contributed by atoms with Gasteiger partial charge in [0.15, 0.2) is 0 Å². The summed E-state index contributed by atoms with van der Waals surface area (Å²) in [6.07, 6.45) is 0.918. The Morgan fingerprint density at radius 1 is 1.28 bits per heavy atom. The Labute approximate surface area is 129 Å². The predicted octanol–water partition coefficient (Wildman–Crippen LogP) is 5.89. The van der Waals surface area contributed by atoms with Crippen molar-refractivity contribution in [2.75, 3.05) is 0 Å². The molecule has 1 atom stereocenters. The van der Waals surface area contributed by atoms with Crippen molar-refractivity contribution in [3.63, 3.8) is 0 Å². The molecule has 0 bridgehead atoms. The Balaban J connectivity index is 2.46. The molecule has 1 heterocycles. The molecule has 0 saturated carbocycles. The number of hydrogen-bond acceptors (Lipinski definition) is 2. The van der Waals surface area contributed by atoms with Gasteiger partial charge in [-0.3, -0.25) is 0 Å². The minimum atomic E-state index is 0.0803. The van der Waals surface area contributed by atoms with Crippen LogP contribution >= 0.6 is 50.5 Å². The first kappa shape index (κ1) is 14.4. The van der Waals surface area contributed by atoms with Crippen molar-refractivity contribution >= 4 is 50.5 Å². The van der Waals surface area contributed by atoms with E-state index < -0.39 is 0 Å². The van der Waals surface area contributed by atoms with Crippen LogP contribution in [0.4, 0.5) is 0 Å². The zero-order chi connectivity index (χ0) is 13.3. The third-order valence-corrected chi connectivity index (χ3v) is 4.97. The summed E-state index contributed by atoms with van der Waals surface area (Å²) >= 11 is 17.5. The lowest BCUT2D eigenvalue weighted by Gasteiger charge is -2.06. The van der Waals surface area contributed by atoms with Gasteiger partial charge < -0.3 is 5.73 Å². The second kappa shape index (κ2) is 5.93. The third-order valence-electron chi connectivity index (χ3n) is 2.69. The van der Waals surface area contributed by atoms with Crippen LogP contribution in [0.1, 0.15) is 24.3 Å². The van der Waals surface area contributed by atoms with Gasteiger partial charge in [-0.15, -0.1) is 11.3 Å². The number of hydrogen-bond donors (Lipinski definition) is 1. The van der Waals surface area contributed by atoms with Crippen LogP contribution in [-0.4, -0.2) is 0 Å². The summed E-state index contributed by atoms with van der Waals surface area (Å²) in [4.78, 5) is 2.21. The third kappa shape index (κ3) is 2.91. The molecule has 2 rings (SSSR count). The highest BCUT2D eigenvalue weighted by atomic mass is 79.9. The molecule has 2 aromatic rings. The summed E-state index contributed by atoms with van der Waals surface area (Å²) in [5.41, 5.74) is 6.90. The average molecular weight is 365 g/mol. The highest BCUT2D eigenvalue weighted by Crippen LogP contribution is 2.41. The molecule has 1 aromatic heterocycles. The van der Waals surface area contributed by atoms with Crippen LogP contribution in [0, 0.1) is 0 Å². The molecule has 96 valence electrons. The summed E-state index contributed by atoms with van der Waals surface area (Å²) in [5.74, 6) is 0. The van der Waals surface area contributed by atoms with Crippen molar-refractivity contribution in [3.05, 3.63) is 43.7 Å². The Morgan fingerprint density at radius 2 is 1.89 bits per heavy atom. The first-order valence-electron chi connectivity index (χ1n) is 5.53. The molecule has 0 aliphatic rings. The Morgan fingerprint density at radius 3 is 2.44 bits per heavy atom. The molecule has 1 nitrogen and oxygen atoms in total. The summed E-state index contributed by atoms with van der Waals surface area (Å²) in [6.45, 7) is 2.07. The normalized spacial score (nSPS) is 12.7. The second-order valence-electron chi connectivity index (χ2n) is 3.96. The topological polar surface area (TPSA) is 26.0 Å². The van der Waals surface area contributed by atoms with Crippen LogP contribution in [0.15, 0.2) is 28.7 Å². The van der Waals surface area contributed by atoms with Crippen LogP contribution in [0.5, 0.6) is 0 Å². The van der Waals surface area contributed by atoms with Gasteiger partial charge in [0, 0.05) is 25.8 Å². The fraction of sp³-hybridized carbons (Fsp3) is 0.231. The van der Waals surface area contributed by atoms with Crippen LogP contribution in [0.3, 0.4) is 0 Å². The van der Waals surface area contributed by atoms with Gasteiger partial charge in [-0.2, -0.15) is 0 Å². The van der Waals surface area contributed by atoms with Gasteiger partial charge in [-0.05, 0) is 30.7 Å². The molecule has 0 fully saturated rings. The Hall–Kier alpha value is -0.0600. The minimum absolute atomic E-state index is 0.0803. The number of benzene rings is 1. The van der Waals surface area contributed by atoms with E-state index in [9.17, 15) is 0 Å². The minimum Gasteiger partial charge on any atom is -0.323 e. The molecule has 0 saturated heterocycles. The zero-order valence-electron chi connectivity index (χ0n) is 9.71. The van der Waals surface area contributed by atoms with E-state index in [-0.39, 0.29) is 6.04 Å². The predicted molar refractivity (Wildman–Crippen MR) is 84.7 cm³/mol. The molecule has 0 aliphatic heterocycles. The first-order chi connectivity index (χ1) is 8.52. The van der Waals surface area contributed by atoms with Gasteiger partial charge in [-0.1, -0.05) is 46.1 Å². The van der Waals surface area contributed by atoms with Crippen molar-refractivity contribution in [3.8, 4) is 10.4 Å². The molecule has 0 radical (unpaired) electrons. The summed E-state index contributed by atoms with van der Waals surface area (Å²) < 4.78 is 0.878. The monoisotopic (exact) mass is 363 g/mol. The molecular formula is C13H12BrCl2NS. The van der Waals surface area contributed by atoms with Gasteiger partial charge >= 0.3 is 0 Å². The number of nitrogens with two attached hydrogens (primary N) is 1. The van der Waals surface area contributed by atoms with Gasteiger partial charge in [-0.25, -0.2) is 0 Å². The van der Waals surface area contributed by atoms with Crippen LogP contribution in [0.2, 0.25) is 10.0 Å². The summed E-state index contributed by atoms with van der Waals surface area (Å²) in [5, 5.41) is 1.29. The summed E-state index contributed by atoms with van der Waals surface area (Å²) in [6, 6.07) is 7.85. The van der Waals surface area contributed by atoms with E-state index in [0.717, 1.165) is 26.2 Å². The maximum atomic E-state index is 6.25. The maximum Gasteiger partial charge on any atom is 0.0518 e. The lowest BCUT2D eigenvalue weighted by atomic mass is 10.1. The van der Waals surface area contributed by atoms with Crippen LogP contribution in [-0.2, 0) is 0 Å². The number of thiophene rings is 1.